The summed E-state index contributed by atoms with van der Waals surface area (Å²) >= 11 is 1.60. The molecule has 170 valence electrons. The Morgan fingerprint density at radius 2 is 1.77 bits per heavy atom. The van der Waals surface area contributed by atoms with Crippen molar-refractivity contribution in [2.24, 2.45) is 10.7 Å². The first-order valence-corrected chi connectivity index (χ1v) is 10.7. The highest BCUT2D eigenvalue weighted by atomic mass is 32.2. The van der Waals surface area contributed by atoms with Gasteiger partial charge in [0.05, 0.1) is 11.3 Å². The predicted molar refractivity (Wildman–Crippen MR) is 128 cm³/mol. The molecule has 0 amide bonds. The molecule has 0 heterocycles. The molecule has 0 spiro atoms. The Balaban J connectivity index is 0.00000212. The van der Waals surface area contributed by atoms with E-state index in [9.17, 15) is 13.2 Å². The van der Waals surface area contributed by atoms with Gasteiger partial charge >= 0.3 is 6.18 Å². The molecule has 0 saturated heterocycles. The van der Waals surface area contributed by atoms with Crippen molar-refractivity contribution in [1.82, 2.24) is 0 Å². The van der Waals surface area contributed by atoms with Gasteiger partial charge in [0, 0.05) is 10.7 Å². The second-order valence-corrected chi connectivity index (χ2v) is 7.47. The molecule has 2 N–H and O–H groups in total. The van der Waals surface area contributed by atoms with Gasteiger partial charge in [0.25, 0.3) is 0 Å². The number of benzene rings is 2. The third kappa shape index (κ3) is 9.11. The molecule has 3 nitrogen and oxygen atoms in total. The maximum Gasteiger partial charge on any atom is 0.416 e. The Hall–Kier alpha value is -2.38. The number of nitrogens with zero attached hydrogens (tertiary/aromatic N) is 1. The average Bonchev–Trinajstić information content (AvgIpc) is 2.78. The largest absolute Gasteiger partial charge is 0.416 e. The SMILES string of the molecule is C=N/C(C)=C(\SCCc1cccc(C(F)(F)F)c1)c1ccc(CC)c(C)c1.C=O.CN. The van der Waals surface area contributed by atoms with Gasteiger partial charge in [-0.3, -0.25) is 4.99 Å². The summed E-state index contributed by atoms with van der Waals surface area (Å²) < 4.78 is 38.6. The molecular formula is C24H31F3N2OS. The monoisotopic (exact) mass is 452 g/mol. The fourth-order valence-corrected chi connectivity index (χ4v) is 3.99. The minimum Gasteiger partial charge on any atom is -0.333 e. The summed E-state index contributed by atoms with van der Waals surface area (Å²) in [4.78, 5) is 13.1. The molecule has 0 aliphatic rings. The quantitative estimate of drug-likeness (QED) is 0.499. The molecule has 2 aromatic carbocycles. The van der Waals surface area contributed by atoms with Crippen molar-refractivity contribution >= 4 is 30.2 Å². The number of nitrogens with two attached hydrogens (primary N) is 1. The predicted octanol–water partition coefficient (Wildman–Crippen LogP) is 6.33. The Kier molecular flexibility index (Phi) is 13.5. The second kappa shape index (κ2) is 14.6. The van der Waals surface area contributed by atoms with Gasteiger partial charge in [-0.1, -0.05) is 43.3 Å². The maximum atomic E-state index is 12.9. The summed E-state index contributed by atoms with van der Waals surface area (Å²) in [6.45, 7) is 11.7. The van der Waals surface area contributed by atoms with Crippen molar-refractivity contribution in [3.05, 3.63) is 76.0 Å². The topological polar surface area (TPSA) is 55.5 Å². The van der Waals surface area contributed by atoms with Crippen LogP contribution in [0.25, 0.3) is 4.91 Å². The van der Waals surface area contributed by atoms with E-state index < -0.39 is 11.7 Å². The van der Waals surface area contributed by atoms with Gasteiger partial charge in [-0.2, -0.15) is 13.2 Å². The number of halogens is 3. The Morgan fingerprint density at radius 3 is 2.29 bits per heavy atom. The summed E-state index contributed by atoms with van der Waals surface area (Å²) in [5.74, 6) is 0.665. The van der Waals surface area contributed by atoms with Crippen LogP contribution in [0.3, 0.4) is 0 Å². The molecule has 0 atom stereocenters. The van der Waals surface area contributed by atoms with Crippen molar-refractivity contribution in [3.8, 4) is 0 Å². The van der Waals surface area contributed by atoms with Crippen LogP contribution >= 0.6 is 11.8 Å². The van der Waals surface area contributed by atoms with Crippen molar-refractivity contribution in [1.29, 1.82) is 0 Å². The Labute approximate surface area is 187 Å². The van der Waals surface area contributed by atoms with Gasteiger partial charge in [-0.25, -0.2) is 0 Å². The normalized spacial score (nSPS) is 11.4. The summed E-state index contributed by atoms with van der Waals surface area (Å²) in [5, 5.41) is 0. The molecule has 31 heavy (non-hydrogen) atoms. The highest BCUT2D eigenvalue weighted by Crippen LogP contribution is 2.34. The molecule has 0 radical (unpaired) electrons. The van der Waals surface area contributed by atoms with Crippen LogP contribution in [0.4, 0.5) is 13.2 Å². The zero-order valence-electron chi connectivity index (χ0n) is 18.6. The first-order chi connectivity index (χ1) is 14.8. The van der Waals surface area contributed by atoms with E-state index in [4.69, 9.17) is 4.79 Å². The number of aryl methyl sites for hydroxylation is 3. The van der Waals surface area contributed by atoms with Gasteiger partial charge in [0.15, 0.2) is 0 Å². The lowest BCUT2D eigenvalue weighted by atomic mass is 10.0. The number of hydrogen-bond donors (Lipinski definition) is 1. The average molecular weight is 453 g/mol. The molecule has 0 aliphatic carbocycles. The smallest absolute Gasteiger partial charge is 0.333 e. The van der Waals surface area contributed by atoms with E-state index in [1.807, 2.05) is 13.7 Å². The summed E-state index contributed by atoms with van der Waals surface area (Å²) in [6.07, 6.45) is -2.78. The molecule has 2 rings (SSSR count). The van der Waals surface area contributed by atoms with Gasteiger partial charge < -0.3 is 10.5 Å². The summed E-state index contributed by atoms with van der Waals surface area (Å²) in [6, 6.07) is 11.9. The van der Waals surface area contributed by atoms with Crippen LogP contribution in [-0.4, -0.2) is 26.3 Å². The van der Waals surface area contributed by atoms with Crippen LogP contribution < -0.4 is 5.73 Å². The lowest BCUT2D eigenvalue weighted by molar-refractivity contribution is -0.137. The molecule has 0 aromatic heterocycles. The third-order valence-electron chi connectivity index (χ3n) is 4.44. The van der Waals surface area contributed by atoms with Crippen molar-refractivity contribution in [2.45, 2.75) is 39.8 Å². The fraction of sp³-hybridized carbons (Fsp3) is 0.333. The standard InChI is InChI=1S/C22H24F3NS.CH5N.CH2O/c1-5-18-9-10-19(13-15(18)2)21(16(3)26-4)27-12-11-17-7-6-8-20(14-17)22(23,24)25;2*1-2/h6-10,13-14H,4-5,11-12H2,1-3H3;2H2,1H3;1H2/b21-16-;;. The minimum atomic E-state index is -4.31. The lowest BCUT2D eigenvalue weighted by Gasteiger charge is -2.13. The van der Waals surface area contributed by atoms with Gasteiger partial charge in [-0.05, 0) is 68.8 Å². The summed E-state index contributed by atoms with van der Waals surface area (Å²) in [5.41, 5.74) is 9.00. The van der Waals surface area contributed by atoms with Crippen molar-refractivity contribution in [3.63, 3.8) is 0 Å². The zero-order valence-corrected chi connectivity index (χ0v) is 19.4. The number of carbonyl (C=O) groups is 1. The van der Waals surface area contributed by atoms with Crippen LogP contribution in [0.1, 0.15) is 41.7 Å². The number of rotatable bonds is 7. The number of alkyl halides is 3. The molecule has 0 bridgehead atoms. The molecule has 0 saturated carbocycles. The number of hydrogen-bond acceptors (Lipinski definition) is 4. The molecule has 2 aromatic rings. The van der Waals surface area contributed by atoms with Crippen LogP contribution in [0.2, 0.25) is 0 Å². The van der Waals surface area contributed by atoms with Crippen molar-refractivity contribution < 1.29 is 18.0 Å². The van der Waals surface area contributed by atoms with Crippen LogP contribution in [0.5, 0.6) is 0 Å². The van der Waals surface area contributed by atoms with Crippen LogP contribution in [-0.2, 0) is 23.8 Å². The van der Waals surface area contributed by atoms with E-state index >= 15 is 0 Å². The van der Waals surface area contributed by atoms with E-state index in [0.29, 0.717) is 17.7 Å². The Bertz CT molecular complexity index is 864. The van der Waals surface area contributed by atoms with E-state index in [1.54, 1.807) is 17.8 Å². The highest BCUT2D eigenvalue weighted by Gasteiger charge is 2.30. The molecule has 0 fully saturated rings. The zero-order chi connectivity index (χ0) is 24.0. The second-order valence-electron chi connectivity index (χ2n) is 6.36. The third-order valence-corrected chi connectivity index (χ3v) is 5.67. The number of carbonyl (C=O) groups excluding carboxylic acids is 1. The van der Waals surface area contributed by atoms with Gasteiger partial charge in [0.1, 0.15) is 6.79 Å². The fourth-order valence-electron chi connectivity index (χ4n) is 2.88. The maximum absolute atomic E-state index is 12.9. The van der Waals surface area contributed by atoms with Crippen LogP contribution in [0, 0.1) is 6.92 Å². The Morgan fingerprint density at radius 1 is 1.13 bits per heavy atom. The first kappa shape index (κ1) is 28.6. The highest BCUT2D eigenvalue weighted by molar-refractivity contribution is 8.08. The van der Waals surface area contributed by atoms with E-state index in [2.05, 4.69) is 49.5 Å². The lowest BCUT2D eigenvalue weighted by Crippen LogP contribution is -2.05. The summed E-state index contributed by atoms with van der Waals surface area (Å²) in [7, 11) is 1.50. The number of thioether (sulfide) groups is 1. The van der Waals surface area contributed by atoms with Gasteiger partial charge in [-0.15, -0.1) is 11.8 Å². The first-order valence-electron chi connectivity index (χ1n) is 9.69. The molecule has 0 unspecified atom stereocenters. The van der Waals surface area contributed by atoms with Crippen molar-refractivity contribution in [2.75, 3.05) is 12.8 Å². The molecule has 0 aliphatic heterocycles. The van der Waals surface area contributed by atoms with Gasteiger partial charge in [0.2, 0.25) is 0 Å². The van der Waals surface area contributed by atoms with E-state index in [1.165, 1.54) is 30.3 Å². The minimum absolute atomic E-state index is 0.550. The van der Waals surface area contributed by atoms with Crippen LogP contribution in [0.15, 0.2) is 53.2 Å². The van der Waals surface area contributed by atoms with E-state index in [0.717, 1.165) is 28.7 Å². The molecule has 7 heteroatoms. The van der Waals surface area contributed by atoms with E-state index in [-0.39, 0.29) is 0 Å². The number of aliphatic imine (C=N–C) groups is 1. The molecular weight excluding hydrogens is 421 g/mol. The number of allylic oxidation sites excluding steroid dienone is 1.